The van der Waals surface area contributed by atoms with Crippen molar-refractivity contribution in [2.75, 3.05) is 0 Å². The molecule has 1 heterocycles. The fraction of sp³-hybridized carbons (Fsp3) is 0.200. The highest BCUT2D eigenvalue weighted by Gasteiger charge is 2.33. The summed E-state index contributed by atoms with van der Waals surface area (Å²) in [6, 6.07) is 21.7. The van der Waals surface area contributed by atoms with Crippen LogP contribution >= 0.6 is 0 Å². The van der Waals surface area contributed by atoms with E-state index < -0.39 is 8.80 Å². The molecule has 0 saturated heterocycles. The Labute approximate surface area is 129 Å². The highest BCUT2D eigenvalue weighted by atomic mass is 28.3. The number of hydrogen-bond acceptors (Lipinski definition) is 0. The van der Waals surface area contributed by atoms with Gasteiger partial charge in [0.05, 0.1) is 0 Å². The van der Waals surface area contributed by atoms with Crippen molar-refractivity contribution in [1.29, 1.82) is 0 Å². The van der Waals surface area contributed by atoms with Crippen molar-refractivity contribution in [2.45, 2.75) is 25.8 Å². The van der Waals surface area contributed by atoms with Gasteiger partial charge in [-0.15, -0.1) is 0 Å². The van der Waals surface area contributed by atoms with Gasteiger partial charge in [0, 0.05) is 0 Å². The van der Waals surface area contributed by atoms with Crippen molar-refractivity contribution in [3.05, 3.63) is 83.6 Å². The Morgan fingerprint density at radius 2 is 1.24 bits per heavy atom. The summed E-state index contributed by atoms with van der Waals surface area (Å²) in [6.07, 6.45) is 2.36. The van der Waals surface area contributed by atoms with E-state index in [2.05, 4.69) is 93.2 Å². The first-order chi connectivity index (χ1) is 10.1. The van der Waals surface area contributed by atoms with Crippen LogP contribution in [-0.4, -0.2) is 8.80 Å². The Morgan fingerprint density at radius 1 is 0.714 bits per heavy atom. The number of hydrogen-bond donors (Lipinski definition) is 0. The van der Waals surface area contributed by atoms with Gasteiger partial charge in [-0.05, 0) is 26.9 Å². The Bertz CT molecular complexity index is 673. The van der Waals surface area contributed by atoms with Crippen molar-refractivity contribution in [3.63, 3.8) is 0 Å². The van der Waals surface area contributed by atoms with Gasteiger partial charge in [0.15, 0.2) is 0 Å². The van der Waals surface area contributed by atoms with Crippen LogP contribution in [-0.2, 0) is 0 Å². The van der Waals surface area contributed by atoms with Crippen LogP contribution in [0.3, 0.4) is 0 Å². The van der Waals surface area contributed by atoms with Crippen molar-refractivity contribution < 1.29 is 0 Å². The molecule has 2 aromatic rings. The largest absolute Gasteiger partial charge is 0.101 e. The van der Waals surface area contributed by atoms with Crippen molar-refractivity contribution in [1.82, 2.24) is 0 Å². The molecule has 0 spiro atoms. The highest BCUT2D eigenvalue weighted by molar-refractivity contribution is 6.88. The van der Waals surface area contributed by atoms with Crippen LogP contribution < -0.4 is 0 Å². The average molecular weight is 290 g/mol. The Balaban J connectivity index is 2.18. The van der Waals surface area contributed by atoms with E-state index in [4.69, 9.17) is 0 Å². The van der Waals surface area contributed by atoms with E-state index in [9.17, 15) is 0 Å². The first-order valence-corrected chi connectivity index (χ1v) is 9.43. The van der Waals surface area contributed by atoms with Crippen LogP contribution in [0, 0.1) is 0 Å². The molecule has 1 aliphatic heterocycles. The van der Waals surface area contributed by atoms with Crippen LogP contribution in [0.1, 0.15) is 31.9 Å². The van der Waals surface area contributed by atoms with Crippen molar-refractivity contribution in [2.24, 2.45) is 0 Å². The van der Waals surface area contributed by atoms with E-state index >= 15 is 0 Å². The van der Waals surface area contributed by atoms with Crippen molar-refractivity contribution in [3.8, 4) is 0 Å². The summed E-state index contributed by atoms with van der Waals surface area (Å²) < 4.78 is 0. The molecule has 0 bridgehead atoms. The summed E-state index contributed by atoms with van der Waals surface area (Å²) >= 11 is 0. The molecule has 1 heteroatoms. The zero-order valence-corrected chi connectivity index (χ0v) is 14.2. The number of rotatable bonds is 2. The van der Waals surface area contributed by atoms with E-state index in [0.717, 1.165) is 0 Å². The standard InChI is InChI=1S/C20H22Si/c1-20(2,3)21-15-14-18(16-10-6-4-7-11-16)19(21)17-12-8-5-9-13-17/h4-15,21H,1-3H3. The molecular formula is C20H22Si. The third-order valence-electron chi connectivity index (χ3n) is 4.16. The molecule has 21 heavy (non-hydrogen) atoms. The summed E-state index contributed by atoms with van der Waals surface area (Å²) in [6.45, 7) is 7.14. The molecule has 0 aromatic heterocycles. The molecule has 0 N–H and O–H groups in total. The lowest BCUT2D eigenvalue weighted by molar-refractivity contribution is 0.750. The van der Waals surface area contributed by atoms with Gasteiger partial charge in [-0.1, -0.05) is 93.2 Å². The zero-order valence-electron chi connectivity index (χ0n) is 13.0. The van der Waals surface area contributed by atoms with Crippen LogP contribution in [0.4, 0.5) is 0 Å². The predicted molar refractivity (Wildman–Crippen MR) is 95.7 cm³/mol. The summed E-state index contributed by atoms with van der Waals surface area (Å²) in [5, 5.41) is 1.95. The molecule has 3 rings (SSSR count). The second-order valence-electron chi connectivity index (χ2n) is 6.76. The van der Waals surface area contributed by atoms with Crippen molar-refractivity contribution >= 4 is 19.6 Å². The molecule has 0 aliphatic carbocycles. The topological polar surface area (TPSA) is 0 Å². The smallest absolute Gasteiger partial charge is 0.0918 e. The second kappa shape index (κ2) is 5.49. The van der Waals surface area contributed by atoms with Gasteiger partial charge in [0.2, 0.25) is 0 Å². The van der Waals surface area contributed by atoms with E-state index in [-0.39, 0.29) is 0 Å². The fourth-order valence-electron chi connectivity index (χ4n) is 3.09. The molecule has 106 valence electrons. The minimum absolute atomic E-state index is 0.359. The number of allylic oxidation sites excluding steroid dienone is 2. The lowest BCUT2D eigenvalue weighted by Gasteiger charge is -2.28. The maximum atomic E-state index is 2.50. The Hall–Kier alpha value is -1.86. The van der Waals surface area contributed by atoms with Crippen LogP contribution in [0.2, 0.25) is 5.04 Å². The maximum absolute atomic E-state index is 2.50. The number of benzene rings is 2. The normalized spacial score (nSPS) is 18.3. The third kappa shape index (κ3) is 2.79. The maximum Gasteiger partial charge on any atom is 0.101 e. The summed E-state index contributed by atoms with van der Waals surface area (Å²) in [5.74, 6) is 0. The van der Waals surface area contributed by atoms with Gasteiger partial charge in [-0.25, -0.2) is 0 Å². The van der Waals surface area contributed by atoms with Gasteiger partial charge < -0.3 is 0 Å². The highest BCUT2D eigenvalue weighted by Crippen LogP contribution is 2.43. The van der Waals surface area contributed by atoms with Crippen LogP contribution in [0.5, 0.6) is 0 Å². The SMILES string of the molecule is CC(C)(C)[SiH]1C=CC(c2ccccc2)=C1c1ccccc1. The van der Waals surface area contributed by atoms with E-state index in [0.29, 0.717) is 5.04 Å². The molecule has 2 aromatic carbocycles. The van der Waals surface area contributed by atoms with Gasteiger partial charge in [-0.2, -0.15) is 0 Å². The quantitative estimate of drug-likeness (QED) is 0.661. The molecule has 0 radical (unpaired) electrons. The molecule has 0 nitrogen and oxygen atoms in total. The first-order valence-electron chi connectivity index (χ1n) is 7.60. The summed E-state index contributed by atoms with van der Waals surface area (Å²) in [5.41, 5.74) is 6.66. The fourth-order valence-corrected chi connectivity index (χ4v) is 6.26. The summed E-state index contributed by atoms with van der Waals surface area (Å²) in [7, 11) is -1.14. The van der Waals surface area contributed by atoms with E-state index in [1.165, 1.54) is 16.7 Å². The van der Waals surface area contributed by atoms with E-state index in [1.807, 2.05) is 0 Å². The average Bonchev–Trinajstić information content (AvgIpc) is 2.94. The van der Waals surface area contributed by atoms with Gasteiger partial charge in [-0.3, -0.25) is 0 Å². The molecule has 0 fully saturated rings. The molecule has 1 aliphatic rings. The molecule has 0 amide bonds. The second-order valence-corrected chi connectivity index (χ2v) is 10.4. The Kier molecular flexibility index (Phi) is 3.69. The monoisotopic (exact) mass is 290 g/mol. The minimum Gasteiger partial charge on any atom is -0.0918 e. The molecule has 0 saturated carbocycles. The van der Waals surface area contributed by atoms with Gasteiger partial charge >= 0.3 is 0 Å². The van der Waals surface area contributed by atoms with E-state index in [1.54, 1.807) is 5.20 Å². The molecule has 1 atom stereocenters. The van der Waals surface area contributed by atoms with Gasteiger partial charge in [0.25, 0.3) is 0 Å². The van der Waals surface area contributed by atoms with Gasteiger partial charge in [0.1, 0.15) is 8.80 Å². The molecular weight excluding hydrogens is 268 g/mol. The Morgan fingerprint density at radius 3 is 1.76 bits per heavy atom. The predicted octanol–water partition coefficient (Wildman–Crippen LogP) is 5.27. The summed E-state index contributed by atoms with van der Waals surface area (Å²) in [4.78, 5) is 0. The zero-order chi connectivity index (χ0) is 14.9. The third-order valence-corrected chi connectivity index (χ3v) is 7.87. The van der Waals surface area contributed by atoms with Crippen LogP contribution in [0.15, 0.2) is 72.4 Å². The lowest BCUT2D eigenvalue weighted by Crippen LogP contribution is -2.24. The molecule has 1 unspecified atom stereocenters. The minimum atomic E-state index is -1.14. The first kappa shape index (κ1) is 14.1. The van der Waals surface area contributed by atoms with Crippen LogP contribution in [0.25, 0.3) is 10.8 Å². The lowest BCUT2D eigenvalue weighted by atomic mass is 10.0.